The first-order valence-electron chi connectivity index (χ1n) is 11.3. The van der Waals surface area contributed by atoms with E-state index in [9.17, 15) is 22.8 Å². The lowest BCUT2D eigenvalue weighted by molar-refractivity contribution is -0.137. The monoisotopic (exact) mass is 505 g/mol. The third-order valence-corrected chi connectivity index (χ3v) is 6.77. The van der Waals surface area contributed by atoms with Crippen molar-refractivity contribution in [2.24, 2.45) is 11.5 Å². The number of urea groups is 1. The minimum absolute atomic E-state index is 0.0590. The number of nitrogens with zero attached hydrogens (tertiary/aromatic N) is 1. The van der Waals surface area contributed by atoms with Crippen LogP contribution < -0.4 is 16.8 Å². The predicted octanol–water partition coefficient (Wildman–Crippen LogP) is 3.58. The van der Waals surface area contributed by atoms with E-state index in [4.69, 9.17) is 21.6 Å². The van der Waals surface area contributed by atoms with Gasteiger partial charge < -0.3 is 21.5 Å². The zero-order valence-electron chi connectivity index (χ0n) is 20.1. The second kappa shape index (κ2) is 10.3. The van der Waals surface area contributed by atoms with E-state index in [0.29, 0.717) is 17.5 Å². The summed E-state index contributed by atoms with van der Waals surface area (Å²) in [5.74, 6) is -0.812. The summed E-state index contributed by atoms with van der Waals surface area (Å²) >= 11 is 0. The molecule has 8 nitrogen and oxygen atoms in total. The molecule has 1 aliphatic rings. The van der Waals surface area contributed by atoms with Crippen molar-refractivity contribution in [2.45, 2.75) is 50.0 Å². The topological polar surface area (TPSA) is 135 Å². The Kier molecular flexibility index (Phi) is 7.75. The van der Waals surface area contributed by atoms with Crippen LogP contribution in [0, 0.1) is 12.3 Å². The highest BCUT2D eigenvalue weighted by molar-refractivity contribution is 5.96. The van der Waals surface area contributed by atoms with Crippen molar-refractivity contribution in [2.75, 3.05) is 13.2 Å². The Morgan fingerprint density at radius 1 is 1.19 bits per heavy atom. The van der Waals surface area contributed by atoms with E-state index in [-0.39, 0.29) is 26.0 Å². The summed E-state index contributed by atoms with van der Waals surface area (Å²) in [6.07, 6.45) is -4.11. The van der Waals surface area contributed by atoms with E-state index >= 15 is 0 Å². The summed E-state index contributed by atoms with van der Waals surface area (Å²) in [5, 5.41) is 10.9. The lowest BCUT2D eigenvalue weighted by Crippen LogP contribution is -2.70. The Labute approximate surface area is 207 Å². The molecule has 2 aromatic carbocycles. The SMILES string of the molecule is Cc1cc([C@@H](C)OC[C@@]2(c3ccccc3)CC[C@](C(N)=O)(N(C=N)C(N)=O)CN2)cc(C(F)(F)F)c1. The van der Waals surface area contributed by atoms with Gasteiger partial charge >= 0.3 is 12.2 Å². The molecular weight excluding hydrogens is 475 g/mol. The summed E-state index contributed by atoms with van der Waals surface area (Å²) in [5.41, 5.74) is 9.60. The number of amides is 3. The molecule has 36 heavy (non-hydrogen) atoms. The molecule has 2 aromatic rings. The molecule has 1 fully saturated rings. The van der Waals surface area contributed by atoms with Crippen LogP contribution in [-0.4, -0.2) is 41.9 Å². The van der Waals surface area contributed by atoms with Crippen molar-refractivity contribution in [3.8, 4) is 0 Å². The molecule has 0 spiro atoms. The van der Waals surface area contributed by atoms with Crippen LogP contribution in [0.3, 0.4) is 0 Å². The number of primary amides is 2. The number of rotatable bonds is 8. The molecular formula is C25H30F3N5O3. The van der Waals surface area contributed by atoms with Crippen LogP contribution in [-0.2, 0) is 21.2 Å². The Balaban J connectivity index is 1.89. The van der Waals surface area contributed by atoms with Gasteiger partial charge in [-0.05, 0) is 49.9 Å². The average molecular weight is 506 g/mol. The highest BCUT2D eigenvalue weighted by Crippen LogP contribution is 2.38. The molecule has 6 N–H and O–H groups in total. The van der Waals surface area contributed by atoms with Gasteiger partial charge in [0, 0.05) is 6.54 Å². The maximum Gasteiger partial charge on any atom is 0.416 e. The van der Waals surface area contributed by atoms with Gasteiger partial charge in [0.05, 0.1) is 30.2 Å². The van der Waals surface area contributed by atoms with Crippen molar-refractivity contribution >= 4 is 18.3 Å². The van der Waals surface area contributed by atoms with E-state index in [1.807, 2.05) is 30.3 Å². The number of hydrogen-bond donors (Lipinski definition) is 4. The molecule has 11 heteroatoms. The first kappa shape index (κ1) is 27.2. The Morgan fingerprint density at radius 2 is 1.86 bits per heavy atom. The van der Waals surface area contributed by atoms with E-state index in [1.165, 1.54) is 0 Å². The highest BCUT2D eigenvalue weighted by atomic mass is 19.4. The second-order valence-corrected chi connectivity index (χ2v) is 9.12. The summed E-state index contributed by atoms with van der Waals surface area (Å²) in [6.45, 7) is 3.23. The number of nitrogens with one attached hydrogen (secondary N) is 2. The standard InChI is InChI=1S/C25H30F3N5O3/c1-16-10-18(12-20(11-16)25(26,27)28)17(2)36-14-23(19-6-4-3-5-7-19)8-9-24(13-32-23,21(30)34)33(15-29)22(31)35/h3-7,10-12,15,17,29,32H,8-9,13-14H2,1-2H3,(H2,30,34)(H2,31,35)/t17-,23-,24+/m1/s1. The Morgan fingerprint density at radius 3 is 2.36 bits per heavy atom. The Hall–Kier alpha value is -3.44. The van der Waals surface area contributed by atoms with E-state index in [2.05, 4.69) is 5.32 Å². The first-order chi connectivity index (χ1) is 16.8. The van der Waals surface area contributed by atoms with Gasteiger partial charge in [-0.25, -0.2) is 4.79 Å². The fourth-order valence-electron chi connectivity index (χ4n) is 4.63. The fraction of sp³-hybridized carbons (Fsp3) is 0.400. The van der Waals surface area contributed by atoms with Crippen LogP contribution in [0.1, 0.15) is 48.1 Å². The van der Waals surface area contributed by atoms with Gasteiger partial charge in [0.1, 0.15) is 5.54 Å². The van der Waals surface area contributed by atoms with E-state index in [0.717, 1.165) is 22.6 Å². The molecule has 0 bridgehead atoms. The number of carbonyl (C=O) groups excluding carboxylic acids is 2. The summed E-state index contributed by atoms with van der Waals surface area (Å²) in [7, 11) is 0. The van der Waals surface area contributed by atoms with Gasteiger partial charge in [0.15, 0.2) is 0 Å². The van der Waals surface area contributed by atoms with Gasteiger partial charge in [-0.2, -0.15) is 13.2 Å². The van der Waals surface area contributed by atoms with Crippen LogP contribution in [0.25, 0.3) is 0 Å². The van der Waals surface area contributed by atoms with Crippen molar-refractivity contribution < 1.29 is 27.5 Å². The second-order valence-electron chi connectivity index (χ2n) is 9.12. The number of alkyl halides is 3. The molecule has 3 atom stereocenters. The molecule has 1 saturated heterocycles. The van der Waals surface area contributed by atoms with Crippen molar-refractivity contribution in [1.29, 1.82) is 5.41 Å². The molecule has 194 valence electrons. The molecule has 1 aliphatic heterocycles. The zero-order valence-corrected chi connectivity index (χ0v) is 20.1. The summed E-state index contributed by atoms with van der Waals surface area (Å²) < 4.78 is 46.1. The van der Waals surface area contributed by atoms with Crippen molar-refractivity contribution in [3.05, 3.63) is 70.8 Å². The summed E-state index contributed by atoms with van der Waals surface area (Å²) in [6, 6.07) is 12.1. The maximum atomic E-state index is 13.3. The summed E-state index contributed by atoms with van der Waals surface area (Å²) in [4.78, 5) is 25.2. The lowest BCUT2D eigenvalue weighted by atomic mass is 9.75. The van der Waals surface area contributed by atoms with Crippen molar-refractivity contribution in [1.82, 2.24) is 10.2 Å². The number of halogens is 3. The van der Waals surface area contributed by atoms with Crippen LogP contribution >= 0.6 is 0 Å². The lowest BCUT2D eigenvalue weighted by Gasteiger charge is -2.49. The zero-order chi connectivity index (χ0) is 26.7. The fourth-order valence-corrected chi connectivity index (χ4v) is 4.63. The third-order valence-electron chi connectivity index (χ3n) is 6.77. The molecule has 3 amide bonds. The van der Waals surface area contributed by atoms with E-state index < -0.39 is 40.9 Å². The minimum atomic E-state index is -4.48. The number of aryl methyl sites for hydroxylation is 1. The van der Waals surface area contributed by atoms with Gasteiger partial charge in [-0.1, -0.05) is 42.0 Å². The number of ether oxygens (including phenoxy) is 1. The largest absolute Gasteiger partial charge is 0.416 e. The number of carbonyl (C=O) groups is 2. The normalized spacial score (nSPS) is 23.0. The van der Waals surface area contributed by atoms with Gasteiger partial charge in [0.2, 0.25) is 5.91 Å². The molecule has 0 aromatic heterocycles. The van der Waals surface area contributed by atoms with Gasteiger partial charge in [-0.3, -0.25) is 15.1 Å². The quantitative estimate of drug-likeness (QED) is 0.322. The number of hydrogen-bond acceptors (Lipinski definition) is 5. The smallest absolute Gasteiger partial charge is 0.372 e. The highest BCUT2D eigenvalue weighted by Gasteiger charge is 2.51. The maximum absolute atomic E-state index is 13.3. The first-order valence-corrected chi connectivity index (χ1v) is 11.3. The minimum Gasteiger partial charge on any atom is -0.372 e. The Bertz CT molecular complexity index is 1120. The number of benzene rings is 2. The molecule has 0 aliphatic carbocycles. The number of piperidine rings is 1. The van der Waals surface area contributed by atoms with Crippen molar-refractivity contribution in [3.63, 3.8) is 0 Å². The van der Waals surface area contributed by atoms with Crippen LogP contribution in [0.15, 0.2) is 48.5 Å². The van der Waals surface area contributed by atoms with E-state index in [1.54, 1.807) is 19.9 Å². The van der Waals surface area contributed by atoms with Crippen LogP contribution in [0.5, 0.6) is 0 Å². The van der Waals surface area contributed by atoms with Gasteiger partial charge in [-0.15, -0.1) is 0 Å². The van der Waals surface area contributed by atoms with Gasteiger partial charge in [0.25, 0.3) is 0 Å². The van der Waals surface area contributed by atoms with Crippen LogP contribution in [0.2, 0.25) is 0 Å². The molecule has 3 rings (SSSR count). The predicted molar refractivity (Wildman–Crippen MR) is 128 cm³/mol. The molecule has 0 saturated carbocycles. The average Bonchev–Trinajstić information content (AvgIpc) is 2.83. The van der Waals surface area contributed by atoms with Crippen LogP contribution in [0.4, 0.5) is 18.0 Å². The number of nitrogens with two attached hydrogens (primary N) is 2. The molecule has 1 heterocycles. The molecule has 0 unspecified atom stereocenters. The third kappa shape index (κ3) is 5.36. The molecule has 0 radical (unpaired) electrons.